The molecule has 3 aliphatic rings. The minimum atomic E-state index is 0.0302. The summed E-state index contributed by atoms with van der Waals surface area (Å²) in [5, 5.41) is 0. The van der Waals surface area contributed by atoms with Crippen LogP contribution in [-0.4, -0.2) is 58.6 Å². The van der Waals surface area contributed by atoms with Gasteiger partial charge in [-0.1, -0.05) is 19.3 Å². The number of hydrogen-bond acceptors (Lipinski definition) is 4. The minimum Gasteiger partial charge on any atom is -0.374 e. The maximum absolute atomic E-state index is 13.4. The van der Waals surface area contributed by atoms with Gasteiger partial charge >= 0.3 is 0 Å². The van der Waals surface area contributed by atoms with Crippen LogP contribution in [0.5, 0.6) is 0 Å². The summed E-state index contributed by atoms with van der Waals surface area (Å²) in [7, 11) is 0. The van der Waals surface area contributed by atoms with Gasteiger partial charge in [0.15, 0.2) is 0 Å². The third-order valence-corrected chi connectivity index (χ3v) is 6.05. The van der Waals surface area contributed by atoms with Crippen LogP contribution in [0.4, 0.5) is 0 Å². The van der Waals surface area contributed by atoms with Crippen LogP contribution in [-0.2, 0) is 16.1 Å². The molecule has 5 heteroatoms. The molecule has 1 aliphatic carbocycles. The Balaban J connectivity index is 1.48. The van der Waals surface area contributed by atoms with Crippen LogP contribution in [0.1, 0.15) is 50.5 Å². The molecule has 3 atom stereocenters. The van der Waals surface area contributed by atoms with Crippen LogP contribution in [0.3, 0.4) is 0 Å². The zero-order valence-electron chi connectivity index (χ0n) is 15.0. The molecular weight excluding hydrogens is 314 g/mol. The lowest BCUT2D eigenvalue weighted by Crippen LogP contribution is -2.60. The summed E-state index contributed by atoms with van der Waals surface area (Å²) >= 11 is 0. The first-order valence-electron chi connectivity index (χ1n) is 9.88. The second-order valence-corrected chi connectivity index (χ2v) is 7.63. The Bertz CT molecular complexity index is 578. The van der Waals surface area contributed by atoms with Gasteiger partial charge in [-0.25, -0.2) is 0 Å². The van der Waals surface area contributed by atoms with E-state index >= 15 is 0 Å². The van der Waals surface area contributed by atoms with Crippen LogP contribution in [0.25, 0.3) is 0 Å². The first kappa shape index (κ1) is 17.0. The molecule has 4 rings (SSSR count). The van der Waals surface area contributed by atoms with Gasteiger partial charge in [-0.05, 0) is 49.9 Å². The lowest BCUT2D eigenvalue weighted by Gasteiger charge is -2.46. The van der Waals surface area contributed by atoms with E-state index in [0.717, 1.165) is 45.3 Å². The summed E-state index contributed by atoms with van der Waals surface area (Å²) in [6.45, 7) is 3.32. The number of carbonyl (C=O) groups excluding carboxylic acids is 1. The second-order valence-electron chi connectivity index (χ2n) is 7.63. The molecular formula is C20H29N3O2. The maximum atomic E-state index is 13.4. The fourth-order valence-corrected chi connectivity index (χ4v) is 4.74. The van der Waals surface area contributed by atoms with E-state index in [1.165, 1.54) is 24.8 Å². The number of pyridine rings is 1. The van der Waals surface area contributed by atoms with Gasteiger partial charge in [0, 0.05) is 25.5 Å². The van der Waals surface area contributed by atoms with Crippen molar-refractivity contribution in [1.82, 2.24) is 14.8 Å². The van der Waals surface area contributed by atoms with E-state index in [9.17, 15) is 4.79 Å². The predicted octanol–water partition coefficient (Wildman–Crippen LogP) is 2.61. The highest BCUT2D eigenvalue weighted by Crippen LogP contribution is 2.30. The summed E-state index contributed by atoms with van der Waals surface area (Å²) in [6, 6.07) is 4.45. The first-order valence-corrected chi connectivity index (χ1v) is 9.88. The van der Waals surface area contributed by atoms with Crippen LogP contribution in [0.15, 0.2) is 24.5 Å². The number of hydrogen-bond donors (Lipinski definition) is 0. The Hall–Kier alpha value is -1.46. The van der Waals surface area contributed by atoms with Crippen LogP contribution in [0.2, 0.25) is 0 Å². The molecule has 0 spiro atoms. The lowest BCUT2D eigenvalue weighted by molar-refractivity contribution is -0.156. The van der Waals surface area contributed by atoms with Crippen molar-refractivity contribution in [1.29, 1.82) is 0 Å². The van der Waals surface area contributed by atoms with Crippen molar-refractivity contribution in [3.05, 3.63) is 30.1 Å². The zero-order valence-corrected chi connectivity index (χ0v) is 15.0. The standard InChI is InChI=1S/C20H29N3O2/c24-20(23-13-14-25-19-7-2-1-5-17(19)23)18-6-3-4-12-22(18)15-16-8-10-21-11-9-16/h8-11,17-19H,1-7,12-15H2/t17-,18+,19+/m1/s1. The third-order valence-electron chi connectivity index (χ3n) is 6.05. The van der Waals surface area contributed by atoms with Crippen LogP contribution in [0, 0.1) is 0 Å². The van der Waals surface area contributed by atoms with E-state index in [-0.39, 0.29) is 12.1 Å². The first-order chi connectivity index (χ1) is 12.3. The number of fused-ring (bicyclic) bond motifs is 1. The maximum Gasteiger partial charge on any atom is 0.240 e. The Kier molecular flexibility index (Phi) is 5.32. The summed E-state index contributed by atoms with van der Waals surface area (Å²) in [4.78, 5) is 22.1. The average Bonchev–Trinajstić information content (AvgIpc) is 2.68. The molecule has 0 N–H and O–H groups in total. The number of likely N-dealkylation sites (tertiary alicyclic amines) is 1. The van der Waals surface area contributed by atoms with Gasteiger partial charge in [0.25, 0.3) is 0 Å². The Morgan fingerprint density at radius 1 is 1.08 bits per heavy atom. The minimum absolute atomic E-state index is 0.0302. The van der Waals surface area contributed by atoms with Crippen molar-refractivity contribution < 1.29 is 9.53 Å². The molecule has 1 amide bonds. The van der Waals surface area contributed by atoms with Crippen LogP contribution >= 0.6 is 0 Å². The number of morpholine rings is 1. The summed E-state index contributed by atoms with van der Waals surface area (Å²) in [6.07, 6.45) is 11.9. The Morgan fingerprint density at radius 2 is 1.88 bits per heavy atom. The van der Waals surface area contributed by atoms with Crippen molar-refractivity contribution in [3.8, 4) is 0 Å². The number of amides is 1. The van der Waals surface area contributed by atoms with E-state index in [1.54, 1.807) is 0 Å². The van der Waals surface area contributed by atoms with E-state index in [4.69, 9.17) is 4.74 Å². The van der Waals surface area contributed by atoms with Crippen molar-refractivity contribution in [3.63, 3.8) is 0 Å². The number of nitrogens with zero attached hydrogens (tertiary/aromatic N) is 3. The van der Waals surface area contributed by atoms with Gasteiger partial charge in [-0.2, -0.15) is 0 Å². The number of carbonyl (C=O) groups is 1. The van der Waals surface area contributed by atoms with E-state index in [1.807, 2.05) is 12.4 Å². The van der Waals surface area contributed by atoms with Crippen molar-refractivity contribution in [2.24, 2.45) is 0 Å². The van der Waals surface area contributed by atoms with Gasteiger partial charge in [0.1, 0.15) is 0 Å². The predicted molar refractivity (Wildman–Crippen MR) is 96.0 cm³/mol. The van der Waals surface area contributed by atoms with Gasteiger partial charge in [-0.15, -0.1) is 0 Å². The average molecular weight is 343 g/mol. The number of aromatic nitrogens is 1. The summed E-state index contributed by atoms with van der Waals surface area (Å²) < 4.78 is 5.96. The van der Waals surface area contributed by atoms with Gasteiger partial charge < -0.3 is 9.64 Å². The molecule has 0 bridgehead atoms. The molecule has 25 heavy (non-hydrogen) atoms. The van der Waals surface area contributed by atoms with E-state index < -0.39 is 0 Å². The topological polar surface area (TPSA) is 45.7 Å². The second kappa shape index (κ2) is 7.83. The van der Waals surface area contributed by atoms with Gasteiger partial charge in [0.2, 0.25) is 5.91 Å². The molecule has 136 valence electrons. The van der Waals surface area contributed by atoms with Crippen molar-refractivity contribution in [2.75, 3.05) is 19.7 Å². The summed E-state index contributed by atoms with van der Waals surface area (Å²) in [5.41, 5.74) is 1.24. The molecule has 5 nitrogen and oxygen atoms in total. The molecule has 1 saturated carbocycles. The monoisotopic (exact) mass is 343 g/mol. The molecule has 2 saturated heterocycles. The van der Waals surface area contributed by atoms with Gasteiger partial charge in [-0.3, -0.25) is 14.7 Å². The smallest absolute Gasteiger partial charge is 0.240 e. The lowest BCUT2D eigenvalue weighted by atomic mass is 9.89. The van der Waals surface area contributed by atoms with Crippen LogP contribution < -0.4 is 0 Å². The molecule has 0 radical (unpaired) electrons. The van der Waals surface area contributed by atoms with E-state index in [0.29, 0.717) is 18.6 Å². The Morgan fingerprint density at radius 3 is 2.76 bits per heavy atom. The van der Waals surface area contributed by atoms with Crippen molar-refractivity contribution >= 4 is 5.91 Å². The number of ether oxygens (including phenoxy) is 1. The third kappa shape index (κ3) is 3.72. The quantitative estimate of drug-likeness (QED) is 0.846. The van der Waals surface area contributed by atoms with Crippen molar-refractivity contribution in [2.45, 2.75) is 69.7 Å². The zero-order chi connectivity index (χ0) is 17.1. The molecule has 1 aromatic heterocycles. The molecule has 0 unspecified atom stereocenters. The van der Waals surface area contributed by atoms with E-state index in [2.05, 4.69) is 26.9 Å². The highest BCUT2D eigenvalue weighted by Gasteiger charge is 2.40. The molecule has 2 aliphatic heterocycles. The molecule has 3 fully saturated rings. The highest BCUT2D eigenvalue weighted by molar-refractivity contribution is 5.82. The van der Waals surface area contributed by atoms with Gasteiger partial charge in [0.05, 0.1) is 24.8 Å². The Labute approximate surface area is 150 Å². The molecule has 0 aromatic carbocycles. The SMILES string of the molecule is O=C([C@@H]1CCCCN1Cc1ccncc1)N1CCO[C@H]2CCCC[C@H]21. The summed E-state index contributed by atoms with van der Waals surface area (Å²) in [5.74, 6) is 0.342. The fraction of sp³-hybridized carbons (Fsp3) is 0.700. The number of rotatable bonds is 3. The fourth-order valence-electron chi connectivity index (χ4n) is 4.74. The molecule has 1 aromatic rings. The molecule has 3 heterocycles. The highest BCUT2D eigenvalue weighted by atomic mass is 16.5. The number of piperidine rings is 1. The largest absolute Gasteiger partial charge is 0.374 e. The normalized spacial score (nSPS) is 30.7.